The van der Waals surface area contributed by atoms with Crippen molar-refractivity contribution in [2.24, 2.45) is 5.41 Å². The molecule has 22 heteroatoms. The van der Waals surface area contributed by atoms with Gasteiger partial charge in [-0.3, -0.25) is 0 Å². The Bertz CT molecular complexity index is 900. The zero-order valence-electron chi connectivity index (χ0n) is 20.9. The summed E-state index contributed by atoms with van der Waals surface area (Å²) in [6.07, 6.45) is -28.5. The fourth-order valence-electron chi connectivity index (χ4n) is 2.91. The SMILES string of the molecule is CN(CCCNS(=O)(=O)CCC(C)(C(F)(F)F)C(F)(F)F)CCCNS(=O)(=O)CCC(F)(C(F)(F)F)C(F)(F)F. The highest BCUT2D eigenvalue weighted by atomic mass is 32.2. The topological polar surface area (TPSA) is 95.6 Å². The average molecular weight is 662 g/mol. The predicted molar refractivity (Wildman–Crippen MR) is 116 cm³/mol. The molecule has 0 aliphatic heterocycles. The summed E-state index contributed by atoms with van der Waals surface area (Å²) in [6, 6.07) is 0. The third kappa shape index (κ3) is 11.3. The molecule has 0 aromatic rings. The zero-order chi connectivity index (χ0) is 32.1. The Hall–Kier alpha value is -1.13. The number of hydrogen-bond donors (Lipinski definition) is 2. The standard InChI is InChI=1S/C18H28F13N3O4S2/c1-13(15(20,21)22,16(23,24)25)5-11-39(35,36)32-7-3-9-34(2)10-4-8-33-40(37,38)12-6-14(19,17(26,27)28)18(29,30)31/h32-33H,3-12H2,1-2H3. The molecule has 0 aromatic heterocycles. The molecule has 7 nitrogen and oxygen atoms in total. The number of nitrogens with zero attached hydrogens (tertiary/aromatic N) is 1. The van der Waals surface area contributed by atoms with Crippen molar-refractivity contribution in [2.45, 2.75) is 63.0 Å². The molecular formula is C18H28F13N3O4S2. The van der Waals surface area contributed by atoms with Gasteiger partial charge < -0.3 is 4.90 Å². The van der Waals surface area contributed by atoms with Crippen LogP contribution in [0.25, 0.3) is 0 Å². The second-order valence-corrected chi connectivity index (χ2v) is 12.9. The Balaban J connectivity index is 4.55. The lowest BCUT2D eigenvalue weighted by molar-refractivity contribution is -0.341. The average Bonchev–Trinajstić information content (AvgIpc) is 2.73. The first-order valence-corrected chi connectivity index (χ1v) is 14.4. The first kappa shape index (κ1) is 38.9. The monoisotopic (exact) mass is 661 g/mol. The van der Waals surface area contributed by atoms with Crippen LogP contribution in [-0.4, -0.2) is 96.8 Å². The van der Waals surface area contributed by atoms with E-state index in [4.69, 9.17) is 0 Å². The molecular weight excluding hydrogens is 633 g/mol. The van der Waals surface area contributed by atoms with E-state index in [1.165, 1.54) is 11.9 Å². The van der Waals surface area contributed by atoms with Gasteiger partial charge in [0.2, 0.25) is 20.0 Å². The van der Waals surface area contributed by atoms with E-state index in [0.29, 0.717) is 0 Å². The smallest absolute Gasteiger partial charge is 0.306 e. The van der Waals surface area contributed by atoms with Crippen LogP contribution in [0.15, 0.2) is 0 Å². The molecule has 0 aromatic carbocycles. The fourth-order valence-corrected chi connectivity index (χ4v) is 5.34. The summed E-state index contributed by atoms with van der Waals surface area (Å²) < 4.78 is 216. The molecule has 0 radical (unpaired) electrons. The van der Waals surface area contributed by atoms with E-state index in [9.17, 15) is 73.9 Å². The van der Waals surface area contributed by atoms with Gasteiger partial charge in [-0.25, -0.2) is 30.7 Å². The highest BCUT2D eigenvalue weighted by molar-refractivity contribution is 7.89. The summed E-state index contributed by atoms with van der Waals surface area (Å²) in [5.74, 6) is -3.28. The predicted octanol–water partition coefficient (Wildman–Crippen LogP) is 4.28. The van der Waals surface area contributed by atoms with E-state index in [0.717, 1.165) is 0 Å². The number of nitrogens with one attached hydrogen (secondary N) is 2. The van der Waals surface area contributed by atoms with Crippen LogP contribution in [0.5, 0.6) is 0 Å². The summed E-state index contributed by atoms with van der Waals surface area (Å²) in [5.41, 5.74) is -9.98. The van der Waals surface area contributed by atoms with E-state index in [1.54, 1.807) is 4.72 Å². The van der Waals surface area contributed by atoms with Gasteiger partial charge >= 0.3 is 24.7 Å². The minimum absolute atomic E-state index is 0.00470. The van der Waals surface area contributed by atoms with Gasteiger partial charge in [-0.15, -0.1) is 0 Å². The molecule has 0 saturated heterocycles. The van der Waals surface area contributed by atoms with Crippen molar-refractivity contribution in [2.75, 3.05) is 44.7 Å². The van der Waals surface area contributed by atoms with Crippen molar-refractivity contribution < 1.29 is 73.9 Å². The van der Waals surface area contributed by atoms with E-state index in [1.807, 2.05) is 4.72 Å². The highest BCUT2D eigenvalue weighted by Crippen LogP contribution is 2.52. The van der Waals surface area contributed by atoms with Crippen molar-refractivity contribution in [3.63, 3.8) is 0 Å². The van der Waals surface area contributed by atoms with Gasteiger partial charge in [-0.2, -0.15) is 52.7 Å². The molecule has 0 heterocycles. The van der Waals surface area contributed by atoms with Gasteiger partial charge in [-0.05, 0) is 46.3 Å². The summed E-state index contributed by atoms with van der Waals surface area (Å²) in [4.78, 5) is 1.47. The van der Waals surface area contributed by atoms with Crippen molar-refractivity contribution in [3.8, 4) is 0 Å². The van der Waals surface area contributed by atoms with Crippen molar-refractivity contribution in [1.82, 2.24) is 14.3 Å². The Labute approximate surface area is 221 Å². The zero-order valence-corrected chi connectivity index (χ0v) is 22.5. The quantitative estimate of drug-likeness (QED) is 0.190. The molecule has 0 amide bonds. The Morgan fingerprint density at radius 3 is 1.20 bits per heavy atom. The van der Waals surface area contributed by atoms with Crippen LogP contribution in [0.3, 0.4) is 0 Å². The largest absolute Gasteiger partial charge is 0.431 e. The van der Waals surface area contributed by atoms with Crippen molar-refractivity contribution in [3.05, 3.63) is 0 Å². The second-order valence-electron chi connectivity index (χ2n) is 9.06. The molecule has 242 valence electrons. The number of alkyl halides is 13. The molecule has 0 rings (SSSR count). The van der Waals surface area contributed by atoms with Gasteiger partial charge in [-0.1, -0.05) is 0 Å². The van der Waals surface area contributed by atoms with E-state index in [2.05, 4.69) is 0 Å². The van der Waals surface area contributed by atoms with Gasteiger partial charge in [0.25, 0.3) is 5.67 Å². The van der Waals surface area contributed by atoms with Crippen molar-refractivity contribution in [1.29, 1.82) is 0 Å². The fraction of sp³-hybridized carbons (Fsp3) is 1.00. The number of sulfonamides is 2. The van der Waals surface area contributed by atoms with Crippen LogP contribution < -0.4 is 9.44 Å². The number of halogens is 13. The number of hydrogen-bond acceptors (Lipinski definition) is 5. The Morgan fingerprint density at radius 1 is 0.575 bits per heavy atom. The lowest BCUT2D eigenvalue weighted by atomic mass is 9.86. The first-order chi connectivity index (χ1) is 17.5. The molecule has 40 heavy (non-hydrogen) atoms. The van der Waals surface area contributed by atoms with Gasteiger partial charge in [0.15, 0.2) is 5.41 Å². The third-order valence-electron chi connectivity index (χ3n) is 5.81. The maximum atomic E-state index is 13.6. The summed E-state index contributed by atoms with van der Waals surface area (Å²) in [5, 5.41) is 0. The van der Waals surface area contributed by atoms with E-state index in [-0.39, 0.29) is 39.4 Å². The summed E-state index contributed by atoms with van der Waals surface area (Å²) >= 11 is 0. The minimum Gasteiger partial charge on any atom is -0.306 e. The summed E-state index contributed by atoms with van der Waals surface area (Å²) in [6.45, 7) is -0.856. The van der Waals surface area contributed by atoms with Crippen LogP contribution in [0.2, 0.25) is 0 Å². The molecule has 0 unspecified atom stereocenters. The van der Waals surface area contributed by atoms with Crippen LogP contribution in [0, 0.1) is 5.41 Å². The molecule has 2 N–H and O–H groups in total. The molecule has 0 saturated carbocycles. The van der Waals surface area contributed by atoms with Crippen LogP contribution in [0.4, 0.5) is 57.1 Å². The molecule has 0 atom stereocenters. The minimum atomic E-state index is -6.40. The van der Waals surface area contributed by atoms with Gasteiger partial charge in [0.1, 0.15) is 0 Å². The Kier molecular flexibility index (Phi) is 13.1. The van der Waals surface area contributed by atoms with Gasteiger partial charge in [0.05, 0.1) is 11.5 Å². The summed E-state index contributed by atoms with van der Waals surface area (Å²) in [7, 11) is -7.81. The van der Waals surface area contributed by atoms with E-state index < -0.39 is 86.7 Å². The molecule has 0 fully saturated rings. The van der Waals surface area contributed by atoms with Crippen molar-refractivity contribution >= 4 is 20.0 Å². The third-order valence-corrected chi connectivity index (χ3v) is 8.58. The Morgan fingerprint density at radius 2 is 0.900 bits per heavy atom. The maximum absolute atomic E-state index is 13.6. The maximum Gasteiger partial charge on any atom is 0.431 e. The lowest BCUT2D eigenvalue weighted by Crippen LogP contribution is -2.54. The van der Waals surface area contributed by atoms with Crippen LogP contribution in [0.1, 0.15) is 32.6 Å². The lowest BCUT2D eigenvalue weighted by Gasteiger charge is -2.33. The van der Waals surface area contributed by atoms with Gasteiger partial charge in [0, 0.05) is 19.5 Å². The first-order valence-electron chi connectivity index (χ1n) is 11.1. The van der Waals surface area contributed by atoms with Crippen LogP contribution >= 0.6 is 0 Å². The second kappa shape index (κ2) is 13.4. The highest BCUT2D eigenvalue weighted by Gasteiger charge is 2.72. The molecule has 0 aliphatic carbocycles. The van der Waals surface area contributed by atoms with E-state index >= 15 is 0 Å². The number of rotatable bonds is 16. The normalized spacial score (nSPS) is 15.2. The molecule has 0 aliphatic rings. The molecule has 0 bridgehead atoms. The van der Waals surface area contributed by atoms with Crippen LogP contribution in [-0.2, 0) is 20.0 Å². The molecule has 0 spiro atoms.